The van der Waals surface area contributed by atoms with Gasteiger partial charge in [-0.25, -0.2) is 4.79 Å². The van der Waals surface area contributed by atoms with Gasteiger partial charge in [0.25, 0.3) is 0 Å². The molecule has 0 spiro atoms. The van der Waals surface area contributed by atoms with Crippen molar-refractivity contribution in [3.05, 3.63) is 20.6 Å². The zero-order valence-corrected chi connectivity index (χ0v) is 10.2. The Morgan fingerprint density at radius 2 is 2.43 bits per heavy atom. The number of nitrogens with one attached hydrogen (secondary N) is 1. The minimum atomic E-state index is -0.378. The summed E-state index contributed by atoms with van der Waals surface area (Å²) in [4.78, 5) is 14.1. The molecule has 3 nitrogen and oxygen atoms in total. The first-order chi connectivity index (χ1) is 6.63. The van der Waals surface area contributed by atoms with Crippen LogP contribution in [0.25, 0.3) is 10.2 Å². The van der Waals surface area contributed by atoms with Gasteiger partial charge in [0, 0.05) is 0 Å². The number of methoxy groups -OCH3 is 1. The van der Waals surface area contributed by atoms with Crippen molar-refractivity contribution >= 4 is 55.1 Å². The van der Waals surface area contributed by atoms with Crippen LogP contribution >= 0.6 is 38.9 Å². The lowest BCUT2D eigenvalue weighted by molar-refractivity contribution is 0.0595. The first-order valence-corrected chi connectivity index (χ1v) is 5.67. The SMILES string of the molecule is COC(=O)c1cc2sc(Cl)c(Br)c2[nH]1. The predicted molar refractivity (Wildman–Crippen MR) is 60.2 cm³/mol. The van der Waals surface area contributed by atoms with Crippen molar-refractivity contribution in [3.8, 4) is 0 Å². The third-order valence-electron chi connectivity index (χ3n) is 1.78. The summed E-state index contributed by atoms with van der Waals surface area (Å²) in [6.07, 6.45) is 0. The van der Waals surface area contributed by atoms with E-state index in [1.807, 2.05) is 0 Å². The fraction of sp³-hybridized carbons (Fsp3) is 0.125. The summed E-state index contributed by atoms with van der Waals surface area (Å²) < 4.78 is 6.98. The van der Waals surface area contributed by atoms with E-state index in [9.17, 15) is 4.79 Å². The lowest BCUT2D eigenvalue weighted by Gasteiger charge is -1.92. The molecule has 0 fully saturated rings. The highest BCUT2D eigenvalue weighted by Crippen LogP contribution is 2.39. The van der Waals surface area contributed by atoms with Crippen LogP contribution in [-0.2, 0) is 4.74 Å². The van der Waals surface area contributed by atoms with Crippen molar-refractivity contribution in [2.24, 2.45) is 0 Å². The fourth-order valence-electron chi connectivity index (χ4n) is 1.14. The molecule has 2 rings (SSSR count). The maximum Gasteiger partial charge on any atom is 0.354 e. The Morgan fingerprint density at radius 3 is 3.00 bits per heavy atom. The first-order valence-electron chi connectivity index (χ1n) is 3.68. The van der Waals surface area contributed by atoms with Gasteiger partial charge >= 0.3 is 5.97 Å². The number of H-pyrrole nitrogens is 1. The number of halogens is 2. The van der Waals surface area contributed by atoms with Crippen LogP contribution in [0.2, 0.25) is 4.34 Å². The summed E-state index contributed by atoms with van der Waals surface area (Å²) in [5.41, 5.74) is 1.27. The van der Waals surface area contributed by atoms with Crippen LogP contribution in [0.4, 0.5) is 0 Å². The molecule has 2 aromatic rings. The van der Waals surface area contributed by atoms with Crippen molar-refractivity contribution in [2.75, 3.05) is 7.11 Å². The maximum atomic E-state index is 11.2. The number of rotatable bonds is 1. The number of carbonyl (C=O) groups excluding carboxylic acids is 1. The van der Waals surface area contributed by atoms with Gasteiger partial charge in [0.15, 0.2) is 0 Å². The Balaban J connectivity index is 2.59. The van der Waals surface area contributed by atoms with Gasteiger partial charge in [-0.1, -0.05) is 11.6 Å². The van der Waals surface area contributed by atoms with Gasteiger partial charge < -0.3 is 9.72 Å². The molecule has 0 amide bonds. The minimum Gasteiger partial charge on any atom is -0.464 e. The molecule has 0 aliphatic rings. The van der Waals surface area contributed by atoms with E-state index in [4.69, 9.17) is 11.6 Å². The lowest BCUT2D eigenvalue weighted by atomic mass is 10.4. The molecule has 0 aliphatic heterocycles. The third-order valence-corrected chi connectivity index (χ3v) is 4.41. The summed E-state index contributed by atoms with van der Waals surface area (Å²) in [7, 11) is 1.35. The zero-order valence-electron chi connectivity index (χ0n) is 7.06. The molecular weight excluding hydrogens is 290 g/mol. The van der Waals surface area contributed by atoms with Gasteiger partial charge in [-0.05, 0) is 22.0 Å². The quantitative estimate of drug-likeness (QED) is 0.819. The minimum absolute atomic E-state index is 0.378. The molecule has 2 heterocycles. The van der Waals surface area contributed by atoms with Crippen LogP contribution in [0.3, 0.4) is 0 Å². The first kappa shape index (κ1) is 10.0. The highest BCUT2D eigenvalue weighted by molar-refractivity contribution is 9.10. The van der Waals surface area contributed by atoms with Crippen LogP contribution in [0.5, 0.6) is 0 Å². The summed E-state index contributed by atoms with van der Waals surface area (Å²) in [5, 5.41) is 0. The highest BCUT2D eigenvalue weighted by Gasteiger charge is 2.15. The molecule has 1 N–H and O–H groups in total. The van der Waals surface area contributed by atoms with E-state index in [-0.39, 0.29) is 5.97 Å². The fourth-order valence-corrected chi connectivity index (χ4v) is 2.99. The van der Waals surface area contributed by atoms with Crippen molar-refractivity contribution in [1.29, 1.82) is 0 Å². The molecule has 0 atom stereocenters. The number of aromatic nitrogens is 1. The van der Waals surface area contributed by atoms with Crippen LogP contribution in [-0.4, -0.2) is 18.1 Å². The number of hydrogen-bond acceptors (Lipinski definition) is 3. The van der Waals surface area contributed by atoms with Crippen LogP contribution in [0, 0.1) is 0 Å². The Bertz CT molecular complexity index is 505. The van der Waals surface area contributed by atoms with E-state index in [1.54, 1.807) is 6.07 Å². The Morgan fingerprint density at radius 1 is 1.71 bits per heavy atom. The van der Waals surface area contributed by atoms with Crippen molar-refractivity contribution in [1.82, 2.24) is 4.98 Å². The molecule has 14 heavy (non-hydrogen) atoms. The molecular formula is C8H5BrClNO2S. The standard InChI is InChI=1S/C8H5BrClNO2S/c1-13-8(12)3-2-4-6(11-3)5(9)7(10)14-4/h2,11H,1H3. The molecule has 0 radical (unpaired) electrons. The monoisotopic (exact) mass is 293 g/mol. The lowest BCUT2D eigenvalue weighted by Crippen LogP contribution is -2.00. The molecule has 0 aliphatic carbocycles. The molecule has 0 bridgehead atoms. The van der Waals surface area contributed by atoms with Crippen LogP contribution in [0.1, 0.15) is 10.5 Å². The Labute approximate surface area is 97.1 Å². The van der Waals surface area contributed by atoms with Crippen LogP contribution in [0.15, 0.2) is 10.5 Å². The number of hydrogen-bond donors (Lipinski definition) is 1. The number of carbonyl (C=O) groups is 1. The van der Waals surface area contributed by atoms with Gasteiger partial charge in [0.05, 0.1) is 21.8 Å². The van der Waals surface area contributed by atoms with E-state index in [0.717, 1.165) is 14.7 Å². The molecule has 0 saturated heterocycles. The molecule has 74 valence electrons. The zero-order chi connectivity index (χ0) is 10.3. The van der Waals surface area contributed by atoms with Crippen LogP contribution < -0.4 is 0 Å². The molecule has 0 aromatic carbocycles. The number of ether oxygens (including phenoxy) is 1. The van der Waals surface area contributed by atoms with Crippen molar-refractivity contribution in [2.45, 2.75) is 0 Å². The predicted octanol–water partition coefficient (Wildman–Crippen LogP) is 3.43. The second-order valence-corrected chi connectivity index (χ2v) is 5.05. The topological polar surface area (TPSA) is 42.1 Å². The molecule has 6 heteroatoms. The summed E-state index contributed by atoms with van der Waals surface area (Å²) in [6.45, 7) is 0. The van der Waals surface area contributed by atoms with E-state index < -0.39 is 0 Å². The van der Waals surface area contributed by atoms with Crippen molar-refractivity contribution in [3.63, 3.8) is 0 Å². The average molecular weight is 295 g/mol. The highest BCUT2D eigenvalue weighted by atomic mass is 79.9. The molecule has 0 unspecified atom stereocenters. The normalized spacial score (nSPS) is 10.8. The summed E-state index contributed by atoms with van der Waals surface area (Å²) >= 11 is 10.6. The van der Waals surface area contributed by atoms with Gasteiger partial charge in [0.2, 0.25) is 0 Å². The largest absolute Gasteiger partial charge is 0.464 e. The molecule has 0 saturated carbocycles. The number of esters is 1. The van der Waals surface area contributed by atoms with Gasteiger partial charge in [-0.3, -0.25) is 0 Å². The Kier molecular flexibility index (Phi) is 2.55. The smallest absolute Gasteiger partial charge is 0.354 e. The summed E-state index contributed by atoms with van der Waals surface area (Å²) in [5.74, 6) is -0.378. The third kappa shape index (κ3) is 1.45. The number of fused-ring (bicyclic) bond motifs is 1. The Hall–Kier alpha value is -0.520. The van der Waals surface area contributed by atoms with Gasteiger partial charge in [-0.2, -0.15) is 0 Å². The average Bonchev–Trinajstić information content (AvgIpc) is 2.68. The van der Waals surface area contributed by atoms with E-state index in [0.29, 0.717) is 10.0 Å². The number of thiophene rings is 1. The van der Waals surface area contributed by atoms with E-state index >= 15 is 0 Å². The second kappa shape index (κ2) is 3.56. The van der Waals surface area contributed by atoms with Gasteiger partial charge in [-0.15, -0.1) is 11.3 Å². The number of aromatic amines is 1. The van der Waals surface area contributed by atoms with E-state index in [2.05, 4.69) is 25.7 Å². The molecule has 2 aromatic heterocycles. The second-order valence-electron chi connectivity index (χ2n) is 2.60. The summed E-state index contributed by atoms with van der Waals surface area (Å²) in [6, 6.07) is 1.72. The van der Waals surface area contributed by atoms with Crippen molar-refractivity contribution < 1.29 is 9.53 Å². The maximum absolute atomic E-state index is 11.2. The van der Waals surface area contributed by atoms with E-state index in [1.165, 1.54) is 18.4 Å². The van der Waals surface area contributed by atoms with Gasteiger partial charge in [0.1, 0.15) is 10.0 Å².